The Balaban J connectivity index is 1.85. The molecule has 1 unspecified atom stereocenters. The number of hydrogen-bond donors (Lipinski definition) is 2. The highest BCUT2D eigenvalue weighted by Crippen LogP contribution is 2.09. The number of nitrogens with zero attached hydrogens (tertiary/aromatic N) is 2. The summed E-state index contributed by atoms with van der Waals surface area (Å²) in [5.74, 6) is -0.562. The van der Waals surface area contributed by atoms with Gasteiger partial charge in [-0.2, -0.15) is 5.10 Å². The fraction of sp³-hybridized carbons (Fsp3) is 0.286. The number of halogens is 1. The molecule has 0 aliphatic carbocycles. The predicted molar refractivity (Wildman–Crippen MR) is 73.3 cm³/mol. The largest absolute Gasteiger partial charge is 0.354 e. The lowest BCUT2D eigenvalue weighted by molar-refractivity contribution is -0.122. The highest BCUT2D eigenvalue weighted by atomic mass is 19.1. The Hall–Kier alpha value is -2.21. The molecule has 2 aromatic rings. The number of benzene rings is 1. The minimum Gasteiger partial charge on any atom is -0.354 e. The average Bonchev–Trinajstić information content (AvgIpc) is 2.86. The van der Waals surface area contributed by atoms with E-state index in [-0.39, 0.29) is 11.7 Å². The lowest BCUT2D eigenvalue weighted by atomic mass is 10.1. The fourth-order valence-corrected chi connectivity index (χ4v) is 1.88. The molecule has 0 bridgehead atoms. The third-order valence-corrected chi connectivity index (χ3v) is 3.02. The van der Waals surface area contributed by atoms with Gasteiger partial charge in [-0.05, 0) is 18.1 Å². The Bertz CT molecular complexity index is 596. The highest BCUT2D eigenvalue weighted by Gasteiger charge is 2.16. The Morgan fingerprint density at radius 1 is 1.50 bits per heavy atom. The van der Waals surface area contributed by atoms with E-state index < -0.39 is 6.04 Å². The maximum absolute atomic E-state index is 13.4. The van der Waals surface area contributed by atoms with Crippen LogP contribution in [0.1, 0.15) is 17.2 Å². The van der Waals surface area contributed by atoms with Crippen molar-refractivity contribution in [2.75, 3.05) is 6.54 Å². The maximum Gasteiger partial charge on any atom is 0.241 e. The van der Waals surface area contributed by atoms with Crippen molar-refractivity contribution in [2.45, 2.75) is 12.5 Å². The smallest absolute Gasteiger partial charge is 0.241 e. The van der Waals surface area contributed by atoms with Crippen LogP contribution in [0.4, 0.5) is 4.39 Å². The number of rotatable bonds is 5. The van der Waals surface area contributed by atoms with Gasteiger partial charge in [-0.3, -0.25) is 9.48 Å². The molecule has 0 saturated heterocycles. The van der Waals surface area contributed by atoms with Crippen LogP contribution < -0.4 is 11.1 Å². The van der Waals surface area contributed by atoms with Crippen LogP contribution in [0, 0.1) is 5.82 Å². The first kappa shape index (κ1) is 14.2. The van der Waals surface area contributed by atoms with Crippen molar-refractivity contribution in [2.24, 2.45) is 12.8 Å². The molecule has 1 aromatic carbocycles. The Labute approximate surface area is 116 Å². The normalized spacial score (nSPS) is 12.2. The second-order valence-corrected chi connectivity index (χ2v) is 4.56. The van der Waals surface area contributed by atoms with Crippen LogP contribution in [0.15, 0.2) is 36.7 Å². The van der Waals surface area contributed by atoms with Gasteiger partial charge in [0.15, 0.2) is 0 Å². The number of aryl methyl sites for hydroxylation is 1. The molecule has 6 heteroatoms. The summed E-state index contributed by atoms with van der Waals surface area (Å²) in [6.45, 7) is 0.341. The fourth-order valence-electron chi connectivity index (χ4n) is 1.88. The highest BCUT2D eigenvalue weighted by molar-refractivity contribution is 5.82. The van der Waals surface area contributed by atoms with Crippen molar-refractivity contribution in [3.05, 3.63) is 53.6 Å². The second kappa shape index (κ2) is 6.29. The van der Waals surface area contributed by atoms with E-state index in [4.69, 9.17) is 5.73 Å². The lowest BCUT2D eigenvalue weighted by Gasteiger charge is -2.10. The van der Waals surface area contributed by atoms with Crippen LogP contribution in [-0.4, -0.2) is 22.2 Å². The van der Waals surface area contributed by atoms with Crippen molar-refractivity contribution in [1.82, 2.24) is 15.1 Å². The number of nitrogens with two attached hydrogens (primary N) is 1. The zero-order chi connectivity index (χ0) is 14.5. The van der Waals surface area contributed by atoms with Crippen LogP contribution >= 0.6 is 0 Å². The third kappa shape index (κ3) is 3.42. The van der Waals surface area contributed by atoms with Gasteiger partial charge in [-0.1, -0.05) is 18.2 Å². The van der Waals surface area contributed by atoms with E-state index in [0.717, 1.165) is 0 Å². The molecular weight excluding hydrogens is 259 g/mol. The SMILES string of the molecule is Cn1cc(C(N)C(=O)NCCc2ccccc2F)cn1. The molecule has 106 valence electrons. The monoisotopic (exact) mass is 276 g/mol. The molecule has 1 atom stereocenters. The van der Waals surface area contributed by atoms with E-state index in [0.29, 0.717) is 24.1 Å². The summed E-state index contributed by atoms with van der Waals surface area (Å²) in [4.78, 5) is 11.9. The zero-order valence-corrected chi connectivity index (χ0v) is 11.2. The summed E-state index contributed by atoms with van der Waals surface area (Å²) in [6, 6.07) is 5.74. The standard InChI is InChI=1S/C14H17FN4O/c1-19-9-11(8-18-19)13(16)14(20)17-7-6-10-4-2-3-5-12(10)15/h2-5,8-9,13H,6-7,16H2,1H3,(H,17,20). The molecule has 0 spiro atoms. The summed E-state index contributed by atoms with van der Waals surface area (Å²) >= 11 is 0. The van der Waals surface area contributed by atoms with Crippen LogP contribution in [0.2, 0.25) is 0 Å². The number of hydrogen-bond acceptors (Lipinski definition) is 3. The number of amides is 1. The minimum atomic E-state index is -0.760. The molecule has 0 aliphatic rings. The van der Waals surface area contributed by atoms with Gasteiger partial charge in [-0.15, -0.1) is 0 Å². The first-order chi connectivity index (χ1) is 9.58. The molecule has 5 nitrogen and oxygen atoms in total. The van der Waals surface area contributed by atoms with Crippen LogP contribution in [0.5, 0.6) is 0 Å². The summed E-state index contributed by atoms with van der Waals surface area (Å²) in [5.41, 5.74) is 7.04. The summed E-state index contributed by atoms with van der Waals surface area (Å²) in [6.07, 6.45) is 3.68. The van der Waals surface area contributed by atoms with Gasteiger partial charge in [0.05, 0.1) is 6.20 Å². The first-order valence-corrected chi connectivity index (χ1v) is 6.33. The number of carbonyl (C=O) groups excluding carboxylic acids is 1. The van der Waals surface area contributed by atoms with Crippen LogP contribution in [0.25, 0.3) is 0 Å². The zero-order valence-electron chi connectivity index (χ0n) is 11.2. The van der Waals surface area contributed by atoms with Gasteiger partial charge in [0.1, 0.15) is 11.9 Å². The summed E-state index contributed by atoms with van der Waals surface area (Å²) in [7, 11) is 1.76. The van der Waals surface area contributed by atoms with E-state index in [2.05, 4.69) is 10.4 Å². The van der Waals surface area contributed by atoms with Crippen molar-refractivity contribution in [3.63, 3.8) is 0 Å². The van der Waals surface area contributed by atoms with Crippen molar-refractivity contribution in [3.8, 4) is 0 Å². The van der Waals surface area contributed by atoms with E-state index >= 15 is 0 Å². The van der Waals surface area contributed by atoms with Crippen molar-refractivity contribution in [1.29, 1.82) is 0 Å². The maximum atomic E-state index is 13.4. The number of carbonyl (C=O) groups is 1. The van der Waals surface area contributed by atoms with Crippen LogP contribution in [0.3, 0.4) is 0 Å². The molecule has 3 N–H and O–H groups in total. The van der Waals surface area contributed by atoms with Gasteiger partial charge < -0.3 is 11.1 Å². The summed E-state index contributed by atoms with van der Waals surface area (Å²) < 4.78 is 15.0. The minimum absolute atomic E-state index is 0.265. The molecule has 1 aromatic heterocycles. The molecule has 0 aliphatic heterocycles. The molecule has 20 heavy (non-hydrogen) atoms. The van der Waals surface area contributed by atoms with E-state index in [1.54, 1.807) is 42.3 Å². The molecule has 0 fully saturated rings. The van der Waals surface area contributed by atoms with Gasteiger partial charge in [0, 0.05) is 25.4 Å². The molecule has 0 saturated carbocycles. The second-order valence-electron chi connectivity index (χ2n) is 4.56. The first-order valence-electron chi connectivity index (χ1n) is 6.33. The topological polar surface area (TPSA) is 72.9 Å². The number of nitrogens with one attached hydrogen (secondary N) is 1. The number of aromatic nitrogens is 2. The molecule has 2 rings (SSSR count). The molecule has 0 radical (unpaired) electrons. The van der Waals surface area contributed by atoms with Crippen molar-refractivity contribution >= 4 is 5.91 Å². The van der Waals surface area contributed by atoms with Gasteiger partial charge in [0.25, 0.3) is 0 Å². The Morgan fingerprint density at radius 3 is 2.90 bits per heavy atom. The Kier molecular flexibility index (Phi) is 4.47. The predicted octanol–water partition coefficient (Wildman–Crippen LogP) is 0.918. The molecule has 1 heterocycles. The van der Waals surface area contributed by atoms with Gasteiger partial charge in [-0.25, -0.2) is 4.39 Å². The van der Waals surface area contributed by atoms with E-state index in [1.807, 2.05) is 0 Å². The van der Waals surface area contributed by atoms with Gasteiger partial charge in [0.2, 0.25) is 5.91 Å². The lowest BCUT2D eigenvalue weighted by Crippen LogP contribution is -2.35. The molecule has 1 amide bonds. The quantitative estimate of drug-likeness (QED) is 0.853. The summed E-state index contributed by atoms with van der Waals surface area (Å²) in [5, 5.41) is 6.66. The third-order valence-electron chi connectivity index (χ3n) is 3.02. The van der Waals surface area contributed by atoms with Gasteiger partial charge >= 0.3 is 0 Å². The van der Waals surface area contributed by atoms with Crippen LogP contribution in [-0.2, 0) is 18.3 Å². The molecular formula is C14H17FN4O. The van der Waals surface area contributed by atoms with Crippen molar-refractivity contribution < 1.29 is 9.18 Å². The van der Waals surface area contributed by atoms with E-state index in [1.165, 1.54) is 6.07 Å². The Morgan fingerprint density at radius 2 is 2.25 bits per heavy atom. The van der Waals surface area contributed by atoms with E-state index in [9.17, 15) is 9.18 Å². The average molecular weight is 276 g/mol.